The average molecular weight is 573 g/mol. The van der Waals surface area contributed by atoms with Gasteiger partial charge in [0.05, 0.1) is 27.5 Å². The summed E-state index contributed by atoms with van der Waals surface area (Å²) >= 11 is 0. The molecule has 0 atom stereocenters. The van der Waals surface area contributed by atoms with E-state index in [1.807, 2.05) is 24.3 Å². The van der Waals surface area contributed by atoms with Gasteiger partial charge in [0.15, 0.2) is 0 Å². The Kier molecular flexibility index (Phi) is 8.78. The van der Waals surface area contributed by atoms with E-state index in [4.69, 9.17) is 9.98 Å². The molecule has 0 fully saturated rings. The Morgan fingerprint density at radius 1 is 0.575 bits per heavy atom. The topological polar surface area (TPSA) is 65.2 Å². The molecule has 0 aliphatic rings. The molecular weight excluding hydrogens is 525 g/mol. The Balaban J connectivity index is 2.01. The Morgan fingerprint density at radius 2 is 0.925 bits per heavy atom. The van der Waals surface area contributed by atoms with Crippen LogP contribution in [0.1, 0.15) is 63.8 Å². The van der Waals surface area contributed by atoms with E-state index in [0.717, 1.165) is 33.6 Å². The van der Waals surface area contributed by atoms with E-state index in [1.54, 1.807) is 12.4 Å². The third-order valence-corrected chi connectivity index (χ3v) is 11.2. The minimum absolute atomic E-state index is 0.178. The lowest BCUT2D eigenvalue weighted by molar-refractivity contribution is 0.445. The molecule has 4 nitrogen and oxygen atoms in total. The summed E-state index contributed by atoms with van der Waals surface area (Å²) in [6.07, 6.45) is 3.52. The third-order valence-electron chi connectivity index (χ3n) is 7.16. The van der Waals surface area contributed by atoms with E-state index < -0.39 is 16.1 Å². The first-order valence-electron chi connectivity index (χ1n) is 14.1. The van der Waals surface area contributed by atoms with Crippen molar-refractivity contribution in [1.29, 1.82) is 0 Å². The van der Waals surface area contributed by atoms with Gasteiger partial charge in [0.2, 0.25) is 0 Å². The number of aromatic hydroxyl groups is 2. The second kappa shape index (κ2) is 11.1. The summed E-state index contributed by atoms with van der Waals surface area (Å²) in [6, 6.07) is 16.2. The van der Waals surface area contributed by atoms with Gasteiger partial charge in [0, 0.05) is 23.6 Å². The average Bonchev–Trinajstić information content (AvgIpc) is 2.80. The largest absolute Gasteiger partial charge is 0.507 e. The second-order valence-electron chi connectivity index (χ2n) is 15.0. The van der Waals surface area contributed by atoms with Crippen molar-refractivity contribution in [2.75, 3.05) is 0 Å². The minimum Gasteiger partial charge on any atom is -0.507 e. The molecule has 40 heavy (non-hydrogen) atoms. The van der Waals surface area contributed by atoms with Crippen LogP contribution in [0.3, 0.4) is 0 Å². The highest BCUT2D eigenvalue weighted by Gasteiger charge is 2.26. The Labute approximate surface area is 244 Å². The zero-order valence-electron chi connectivity index (χ0n) is 26.6. The molecule has 0 unspecified atom stereocenters. The van der Waals surface area contributed by atoms with Gasteiger partial charge in [-0.2, -0.15) is 0 Å². The number of phenols is 2. The van der Waals surface area contributed by atoms with Gasteiger partial charge in [-0.15, -0.1) is 0 Å². The van der Waals surface area contributed by atoms with Gasteiger partial charge in [-0.25, -0.2) is 0 Å². The number of hydrogen-bond acceptors (Lipinski definition) is 4. The highest BCUT2D eigenvalue weighted by Crippen LogP contribution is 2.34. The van der Waals surface area contributed by atoms with Crippen LogP contribution in [0.5, 0.6) is 11.5 Å². The quantitative estimate of drug-likeness (QED) is 0.231. The van der Waals surface area contributed by atoms with Crippen molar-refractivity contribution in [2.45, 2.75) is 91.7 Å². The molecule has 0 spiro atoms. The lowest BCUT2D eigenvalue weighted by Gasteiger charge is -2.26. The number of phenolic OH excluding ortho intramolecular Hbond substituents is 2. The predicted octanol–water partition coefficient (Wildman–Crippen LogP) is 8.28. The van der Waals surface area contributed by atoms with Gasteiger partial charge in [0.1, 0.15) is 11.5 Å². The van der Waals surface area contributed by atoms with E-state index in [0.29, 0.717) is 11.5 Å². The van der Waals surface area contributed by atoms with Gasteiger partial charge in [0.25, 0.3) is 0 Å². The molecule has 0 amide bonds. The molecule has 0 heterocycles. The number of benzene rings is 3. The SMILES string of the molecule is CC(C)(C)c1cc([Si](C)(C)C)cc(C=Nc2cccc(N=Cc3cc([Si](C)(C)C)cc(C(C)(C)C)c3O)c2)c1O. The Bertz CT molecular complexity index is 1340. The van der Waals surface area contributed by atoms with E-state index in [-0.39, 0.29) is 10.8 Å². The van der Waals surface area contributed by atoms with Crippen molar-refractivity contribution >= 4 is 50.3 Å². The third kappa shape index (κ3) is 7.61. The number of nitrogens with zero attached hydrogens (tertiary/aromatic N) is 2. The van der Waals surface area contributed by atoms with Crippen LogP contribution in [0.2, 0.25) is 39.3 Å². The minimum atomic E-state index is -1.60. The van der Waals surface area contributed by atoms with Crippen LogP contribution in [-0.2, 0) is 10.8 Å². The highest BCUT2D eigenvalue weighted by atomic mass is 28.3. The zero-order valence-corrected chi connectivity index (χ0v) is 28.6. The van der Waals surface area contributed by atoms with Gasteiger partial charge in [-0.3, -0.25) is 9.98 Å². The van der Waals surface area contributed by atoms with Gasteiger partial charge < -0.3 is 10.2 Å². The Hall–Kier alpha value is -2.97. The van der Waals surface area contributed by atoms with Crippen molar-refractivity contribution in [1.82, 2.24) is 0 Å². The first-order valence-corrected chi connectivity index (χ1v) is 21.1. The van der Waals surface area contributed by atoms with Crippen molar-refractivity contribution in [3.63, 3.8) is 0 Å². The Morgan fingerprint density at radius 3 is 1.23 bits per heavy atom. The van der Waals surface area contributed by atoms with Crippen LogP contribution >= 0.6 is 0 Å². The first kappa shape index (κ1) is 31.6. The molecule has 0 bridgehead atoms. The summed E-state index contributed by atoms with van der Waals surface area (Å²) in [7, 11) is -3.21. The molecule has 0 aliphatic heterocycles. The van der Waals surface area contributed by atoms with Crippen LogP contribution in [0.4, 0.5) is 11.4 Å². The zero-order chi connectivity index (χ0) is 30.3. The maximum Gasteiger partial charge on any atom is 0.128 e. The summed E-state index contributed by atoms with van der Waals surface area (Å²) in [6.45, 7) is 26.6. The summed E-state index contributed by atoms with van der Waals surface area (Å²) < 4.78 is 0. The fourth-order valence-corrected chi connectivity index (χ4v) is 6.79. The van der Waals surface area contributed by atoms with Gasteiger partial charge in [-0.05, 0) is 40.2 Å². The number of aliphatic imine (C=N–C) groups is 2. The summed E-state index contributed by atoms with van der Waals surface area (Å²) in [5.41, 5.74) is 4.51. The maximum atomic E-state index is 11.1. The molecule has 2 N–H and O–H groups in total. The molecular formula is C34H48N2O2Si2. The van der Waals surface area contributed by atoms with Crippen LogP contribution in [0.25, 0.3) is 0 Å². The molecule has 3 rings (SSSR count). The summed E-state index contributed by atoms with van der Waals surface area (Å²) in [5.74, 6) is 0.583. The molecule has 0 saturated heterocycles. The number of rotatable bonds is 6. The van der Waals surface area contributed by atoms with Crippen molar-refractivity contribution in [3.8, 4) is 11.5 Å². The van der Waals surface area contributed by atoms with E-state index in [1.165, 1.54) is 10.4 Å². The molecule has 3 aromatic carbocycles. The standard InChI is InChI=1S/C34H48N2O2Si2/c1-33(2,3)29-19-27(39(7,8)9)16-23(31(29)37)21-35-25-14-13-15-26(18-25)36-22-24-17-28(40(10,11)12)20-30(32(24)38)34(4,5)6/h13-22,37-38H,1-12H3. The molecule has 0 aliphatic carbocycles. The van der Waals surface area contributed by atoms with Crippen molar-refractivity contribution < 1.29 is 10.2 Å². The van der Waals surface area contributed by atoms with E-state index in [2.05, 4.69) is 105 Å². The lowest BCUT2D eigenvalue weighted by atomic mass is 9.85. The fourth-order valence-electron chi connectivity index (χ4n) is 4.46. The molecule has 6 heteroatoms. The van der Waals surface area contributed by atoms with E-state index >= 15 is 0 Å². The molecule has 0 radical (unpaired) electrons. The lowest BCUT2D eigenvalue weighted by Crippen LogP contribution is -2.38. The van der Waals surface area contributed by atoms with Crippen LogP contribution in [-0.4, -0.2) is 38.8 Å². The highest BCUT2D eigenvalue weighted by molar-refractivity contribution is 6.89. The second-order valence-corrected chi connectivity index (χ2v) is 25.1. The summed E-state index contributed by atoms with van der Waals surface area (Å²) in [4.78, 5) is 9.44. The predicted molar refractivity (Wildman–Crippen MR) is 181 cm³/mol. The summed E-state index contributed by atoms with van der Waals surface area (Å²) in [5, 5.41) is 24.8. The molecule has 0 aromatic heterocycles. The first-order chi connectivity index (χ1) is 18.2. The van der Waals surface area contributed by atoms with Crippen molar-refractivity contribution in [3.05, 3.63) is 70.8 Å². The van der Waals surface area contributed by atoms with Crippen LogP contribution in [0.15, 0.2) is 58.5 Å². The van der Waals surface area contributed by atoms with Crippen LogP contribution < -0.4 is 10.4 Å². The van der Waals surface area contributed by atoms with Crippen LogP contribution in [0, 0.1) is 0 Å². The molecule has 0 saturated carbocycles. The molecule has 3 aromatic rings. The number of hydrogen-bond donors (Lipinski definition) is 2. The molecule has 214 valence electrons. The van der Waals surface area contributed by atoms with E-state index in [9.17, 15) is 10.2 Å². The fraction of sp³-hybridized carbons (Fsp3) is 0.412. The van der Waals surface area contributed by atoms with Gasteiger partial charge in [-0.1, -0.05) is 122 Å². The maximum absolute atomic E-state index is 11.1. The monoisotopic (exact) mass is 572 g/mol. The normalized spacial score (nSPS) is 13.5. The smallest absolute Gasteiger partial charge is 0.128 e. The van der Waals surface area contributed by atoms with Gasteiger partial charge >= 0.3 is 0 Å². The van der Waals surface area contributed by atoms with Crippen molar-refractivity contribution in [2.24, 2.45) is 9.98 Å².